The zero-order valence-corrected chi connectivity index (χ0v) is 11.7. The molecule has 0 atom stereocenters. The topological polar surface area (TPSA) is 51.0 Å². The number of aryl methyl sites for hydroxylation is 1. The number of fused-ring (bicyclic) bond motifs is 1. The number of hydrogen-bond acceptors (Lipinski definition) is 4. The lowest BCUT2D eigenvalue weighted by Crippen LogP contribution is -2.40. The van der Waals surface area contributed by atoms with Crippen molar-refractivity contribution in [3.63, 3.8) is 0 Å². The Morgan fingerprint density at radius 2 is 2.05 bits per heavy atom. The minimum absolute atomic E-state index is 0.106. The van der Waals surface area contributed by atoms with E-state index in [9.17, 15) is 0 Å². The molecule has 2 aromatic heterocycles. The number of rotatable bonds is 3. The van der Waals surface area contributed by atoms with E-state index in [0.717, 1.165) is 61.6 Å². The molecule has 1 fully saturated rings. The lowest BCUT2D eigenvalue weighted by molar-refractivity contribution is 0.234. The number of pyridine rings is 1. The van der Waals surface area contributed by atoms with Gasteiger partial charge in [-0.25, -0.2) is 4.98 Å². The molecule has 3 heterocycles. The Balaban J connectivity index is 2.04. The van der Waals surface area contributed by atoms with E-state index in [1.54, 1.807) is 0 Å². The third-order valence-electron chi connectivity index (χ3n) is 4.14. The van der Waals surface area contributed by atoms with Crippen molar-refractivity contribution in [3.05, 3.63) is 23.7 Å². The fourth-order valence-electron chi connectivity index (χ4n) is 3.09. The maximum absolute atomic E-state index is 6.02. The van der Waals surface area contributed by atoms with Crippen LogP contribution < -0.4 is 5.32 Å². The summed E-state index contributed by atoms with van der Waals surface area (Å²) < 4.78 is 6.02. The molecule has 0 aromatic carbocycles. The van der Waals surface area contributed by atoms with E-state index in [-0.39, 0.29) is 5.41 Å². The molecule has 0 saturated carbocycles. The van der Waals surface area contributed by atoms with Gasteiger partial charge in [-0.05, 0) is 51.4 Å². The normalized spacial score (nSPS) is 18.8. The fraction of sp³-hybridized carbons (Fsp3) is 0.600. The molecule has 0 amide bonds. The molecule has 0 aliphatic carbocycles. The van der Waals surface area contributed by atoms with Crippen molar-refractivity contribution in [2.24, 2.45) is 0 Å². The second-order valence-electron chi connectivity index (χ2n) is 5.57. The van der Waals surface area contributed by atoms with Gasteiger partial charge in [0.2, 0.25) is 5.89 Å². The number of nitrogens with zero attached hydrogens (tertiary/aromatic N) is 2. The zero-order chi connectivity index (χ0) is 13.3. The maximum atomic E-state index is 6.02. The Labute approximate surface area is 113 Å². The minimum atomic E-state index is 0.106. The number of nitrogens with one attached hydrogen (secondary N) is 1. The van der Waals surface area contributed by atoms with E-state index >= 15 is 0 Å². The van der Waals surface area contributed by atoms with Crippen LogP contribution in [0.3, 0.4) is 0 Å². The van der Waals surface area contributed by atoms with Crippen molar-refractivity contribution in [1.29, 1.82) is 0 Å². The second-order valence-corrected chi connectivity index (χ2v) is 5.57. The number of oxazole rings is 1. The average molecular weight is 259 g/mol. The van der Waals surface area contributed by atoms with Crippen molar-refractivity contribution < 1.29 is 4.42 Å². The molecule has 3 rings (SSSR count). The van der Waals surface area contributed by atoms with Crippen LogP contribution >= 0.6 is 0 Å². The summed E-state index contributed by atoms with van der Waals surface area (Å²) in [5.74, 6) is 0.893. The van der Waals surface area contributed by atoms with E-state index in [1.165, 1.54) is 0 Å². The van der Waals surface area contributed by atoms with Gasteiger partial charge in [-0.15, -0.1) is 0 Å². The van der Waals surface area contributed by atoms with E-state index in [0.29, 0.717) is 0 Å². The molecule has 4 heteroatoms. The Kier molecular flexibility index (Phi) is 3.27. The molecular formula is C15H21N3O. The van der Waals surface area contributed by atoms with Gasteiger partial charge in [-0.3, -0.25) is 0 Å². The molecule has 4 nitrogen and oxygen atoms in total. The molecule has 1 aliphatic heterocycles. The third kappa shape index (κ3) is 2.25. The van der Waals surface area contributed by atoms with Crippen LogP contribution in [0.1, 0.15) is 44.2 Å². The van der Waals surface area contributed by atoms with Gasteiger partial charge >= 0.3 is 0 Å². The summed E-state index contributed by atoms with van der Waals surface area (Å²) >= 11 is 0. The molecule has 0 unspecified atom stereocenters. The van der Waals surface area contributed by atoms with Crippen molar-refractivity contribution in [2.45, 2.75) is 44.9 Å². The molecule has 0 radical (unpaired) electrons. The van der Waals surface area contributed by atoms with Crippen LogP contribution in [0.4, 0.5) is 0 Å². The summed E-state index contributed by atoms with van der Waals surface area (Å²) in [6, 6.07) is 3.96. The van der Waals surface area contributed by atoms with Crippen LogP contribution in [0, 0.1) is 6.92 Å². The predicted molar refractivity (Wildman–Crippen MR) is 75.2 cm³/mol. The van der Waals surface area contributed by atoms with Crippen molar-refractivity contribution in [3.8, 4) is 0 Å². The Bertz CT molecular complexity index is 564. The van der Waals surface area contributed by atoms with E-state index in [2.05, 4.69) is 22.2 Å². The smallest absolute Gasteiger partial charge is 0.203 e. The number of hydrogen-bond donors (Lipinski definition) is 1. The van der Waals surface area contributed by atoms with Crippen LogP contribution in [0.15, 0.2) is 16.5 Å². The maximum Gasteiger partial charge on any atom is 0.203 e. The Morgan fingerprint density at radius 3 is 2.79 bits per heavy atom. The molecule has 102 valence electrons. The first-order chi connectivity index (χ1) is 9.23. The fourth-order valence-corrected chi connectivity index (χ4v) is 3.09. The molecule has 2 aromatic rings. The van der Waals surface area contributed by atoms with Gasteiger partial charge < -0.3 is 9.73 Å². The van der Waals surface area contributed by atoms with Gasteiger partial charge in [0, 0.05) is 11.1 Å². The standard InChI is InChI=1S/C15H21N3O/c1-3-6-15(7-9-16-10-8-15)14-18-13-12(19-14)5-4-11(2)17-13/h4-5,16H,3,6-10H2,1-2H3. The minimum Gasteiger partial charge on any atom is -0.438 e. The average Bonchev–Trinajstić information content (AvgIpc) is 2.83. The quantitative estimate of drug-likeness (QED) is 0.920. The third-order valence-corrected chi connectivity index (χ3v) is 4.14. The van der Waals surface area contributed by atoms with Crippen molar-refractivity contribution >= 4 is 11.2 Å². The Hall–Kier alpha value is -1.42. The highest BCUT2D eigenvalue weighted by molar-refractivity contribution is 5.67. The molecule has 1 aliphatic rings. The lowest BCUT2D eigenvalue weighted by atomic mass is 9.75. The highest BCUT2D eigenvalue weighted by atomic mass is 16.3. The van der Waals surface area contributed by atoms with Gasteiger partial charge in [0.15, 0.2) is 11.2 Å². The van der Waals surface area contributed by atoms with Gasteiger partial charge in [0.25, 0.3) is 0 Å². The molecule has 1 N–H and O–H groups in total. The largest absolute Gasteiger partial charge is 0.438 e. The van der Waals surface area contributed by atoms with Crippen molar-refractivity contribution in [1.82, 2.24) is 15.3 Å². The van der Waals surface area contributed by atoms with Crippen LogP contribution in [0.2, 0.25) is 0 Å². The van der Waals surface area contributed by atoms with E-state index in [4.69, 9.17) is 4.42 Å². The van der Waals surface area contributed by atoms with Crippen LogP contribution in [0.5, 0.6) is 0 Å². The van der Waals surface area contributed by atoms with Gasteiger partial charge in [-0.1, -0.05) is 13.3 Å². The second kappa shape index (κ2) is 4.93. The van der Waals surface area contributed by atoms with E-state index < -0.39 is 0 Å². The van der Waals surface area contributed by atoms with Gasteiger partial charge in [0.1, 0.15) is 0 Å². The molecule has 19 heavy (non-hydrogen) atoms. The molecule has 0 spiro atoms. The van der Waals surface area contributed by atoms with Gasteiger partial charge in [0.05, 0.1) is 0 Å². The van der Waals surface area contributed by atoms with E-state index in [1.807, 2.05) is 19.1 Å². The van der Waals surface area contributed by atoms with Crippen LogP contribution in [0.25, 0.3) is 11.2 Å². The monoisotopic (exact) mass is 259 g/mol. The predicted octanol–water partition coefficient (Wildman–Crippen LogP) is 2.95. The highest BCUT2D eigenvalue weighted by Gasteiger charge is 2.37. The van der Waals surface area contributed by atoms with Crippen molar-refractivity contribution in [2.75, 3.05) is 13.1 Å². The first-order valence-corrected chi connectivity index (χ1v) is 7.19. The van der Waals surface area contributed by atoms with Gasteiger partial charge in [-0.2, -0.15) is 4.98 Å². The summed E-state index contributed by atoms with van der Waals surface area (Å²) in [6.45, 7) is 6.31. The molecular weight excluding hydrogens is 238 g/mol. The van der Waals surface area contributed by atoms with Crippen LogP contribution in [-0.4, -0.2) is 23.1 Å². The number of piperidine rings is 1. The SMILES string of the molecule is CCCC1(c2nc3nc(C)ccc3o2)CCNCC1. The van der Waals surface area contributed by atoms with Crippen LogP contribution in [-0.2, 0) is 5.41 Å². The molecule has 1 saturated heterocycles. The first kappa shape index (κ1) is 12.6. The summed E-state index contributed by atoms with van der Waals surface area (Å²) in [7, 11) is 0. The highest BCUT2D eigenvalue weighted by Crippen LogP contribution is 2.38. The summed E-state index contributed by atoms with van der Waals surface area (Å²) in [6.07, 6.45) is 4.50. The Morgan fingerprint density at radius 1 is 1.26 bits per heavy atom. The summed E-state index contributed by atoms with van der Waals surface area (Å²) in [5.41, 5.74) is 2.66. The lowest BCUT2D eigenvalue weighted by Gasteiger charge is -2.34. The first-order valence-electron chi connectivity index (χ1n) is 7.19. The molecule has 0 bridgehead atoms. The summed E-state index contributed by atoms with van der Waals surface area (Å²) in [4.78, 5) is 9.14. The summed E-state index contributed by atoms with van der Waals surface area (Å²) in [5, 5.41) is 3.43. The number of aromatic nitrogens is 2. The zero-order valence-electron chi connectivity index (χ0n) is 11.7.